The summed E-state index contributed by atoms with van der Waals surface area (Å²) < 4.78 is 16.5. The Balaban J connectivity index is 1.80. The monoisotopic (exact) mass is 321 g/mol. The van der Waals surface area contributed by atoms with E-state index in [1.807, 2.05) is 0 Å². The number of likely N-dealkylation sites (tertiary alicyclic amines) is 1. The molecule has 126 valence electrons. The molecule has 0 amide bonds. The maximum Gasteiger partial charge on any atom is 0.0701 e. The molecule has 1 heterocycles. The van der Waals surface area contributed by atoms with Crippen LogP contribution >= 0.6 is 11.6 Å². The first-order chi connectivity index (χ1) is 10.2. The topological polar surface area (TPSA) is 30.9 Å². The summed E-state index contributed by atoms with van der Waals surface area (Å²) >= 11 is 6.29. The van der Waals surface area contributed by atoms with Crippen LogP contribution in [0.3, 0.4) is 0 Å². The molecule has 5 heteroatoms. The summed E-state index contributed by atoms with van der Waals surface area (Å²) in [5.41, 5.74) is 0. The van der Waals surface area contributed by atoms with Gasteiger partial charge in [0.05, 0.1) is 33.0 Å². The van der Waals surface area contributed by atoms with Gasteiger partial charge in [0.25, 0.3) is 0 Å². The third-order valence-electron chi connectivity index (χ3n) is 3.89. The number of hydrogen-bond donors (Lipinski definition) is 0. The van der Waals surface area contributed by atoms with E-state index in [1.54, 1.807) is 0 Å². The minimum Gasteiger partial charge on any atom is -0.379 e. The van der Waals surface area contributed by atoms with Gasteiger partial charge in [-0.15, -0.1) is 11.6 Å². The van der Waals surface area contributed by atoms with Crippen LogP contribution in [0.1, 0.15) is 33.1 Å². The van der Waals surface area contributed by atoms with Crippen LogP contribution < -0.4 is 0 Å². The van der Waals surface area contributed by atoms with Gasteiger partial charge in [0, 0.05) is 25.1 Å². The molecule has 0 radical (unpaired) electrons. The van der Waals surface area contributed by atoms with Gasteiger partial charge in [0.1, 0.15) is 0 Å². The Morgan fingerprint density at radius 3 is 2.24 bits per heavy atom. The molecule has 0 saturated carbocycles. The number of piperidine rings is 1. The number of rotatable bonds is 12. The fourth-order valence-electron chi connectivity index (χ4n) is 2.27. The first-order valence-corrected chi connectivity index (χ1v) is 8.77. The van der Waals surface area contributed by atoms with Crippen molar-refractivity contribution in [3.63, 3.8) is 0 Å². The van der Waals surface area contributed by atoms with Gasteiger partial charge in [-0.25, -0.2) is 0 Å². The number of hydrogen-bond acceptors (Lipinski definition) is 4. The molecule has 0 bridgehead atoms. The molecule has 0 N–H and O–H groups in total. The highest BCUT2D eigenvalue weighted by molar-refractivity contribution is 6.21. The van der Waals surface area contributed by atoms with E-state index in [9.17, 15) is 0 Å². The van der Waals surface area contributed by atoms with Crippen LogP contribution in [0.4, 0.5) is 0 Å². The molecule has 1 saturated heterocycles. The smallest absolute Gasteiger partial charge is 0.0701 e. The van der Waals surface area contributed by atoms with Crippen LogP contribution in [0.25, 0.3) is 0 Å². The normalized spacial score (nSPS) is 23.6. The van der Waals surface area contributed by atoms with Crippen molar-refractivity contribution in [1.29, 1.82) is 0 Å². The number of alkyl halides is 1. The molecular formula is C16H32ClNO3. The van der Waals surface area contributed by atoms with E-state index in [1.165, 1.54) is 12.8 Å². The molecule has 4 nitrogen and oxygen atoms in total. The second-order valence-electron chi connectivity index (χ2n) is 5.77. The average molecular weight is 322 g/mol. The second-order valence-corrected chi connectivity index (χ2v) is 6.33. The van der Waals surface area contributed by atoms with Crippen LogP contribution in [0.5, 0.6) is 0 Å². The molecule has 1 aliphatic heterocycles. The highest BCUT2D eigenvalue weighted by Crippen LogP contribution is 2.21. The van der Waals surface area contributed by atoms with E-state index in [2.05, 4.69) is 18.7 Å². The Morgan fingerprint density at radius 2 is 1.62 bits per heavy atom. The van der Waals surface area contributed by atoms with E-state index in [-0.39, 0.29) is 5.38 Å². The third kappa shape index (κ3) is 9.69. The highest BCUT2D eigenvalue weighted by atomic mass is 35.5. The van der Waals surface area contributed by atoms with Crippen molar-refractivity contribution in [2.75, 3.05) is 59.3 Å². The van der Waals surface area contributed by atoms with Gasteiger partial charge in [-0.1, -0.05) is 20.3 Å². The molecule has 2 unspecified atom stereocenters. The lowest BCUT2D eigenvalue weighted by atomic mass is 9.99. The van der Waals surface area contributed by atoms with Crippen molar-refractivity contribution in [3.8, 4) is 0 Å². The van der Waals surface area contributed by atoms with Crippen molar-refractivity contribution < 1.29 is 14.2 Å². The van der Waals surface area contributed by atoms with E-state index < -0.39 is 0 Å². The Hall–Kier alpha value is 0.130. The fourth-order valence-corrected chi connectivity index (χ4v) is 2.59. The minimum atomic E-state index is 0.287. The Labute approximate surface area is 135 Å². The van der Waals surface area contributed by atoms with E-state index >= 15 is 0 Å². The lowest BCUT2D eigenvalue weighted by Gasteiger charge is -2.33. The Bertz CT molecular complexity index is 244. The maximum atomic E-state index is 6.29. The van der Waals surface area contributed by atoms with E-state index in [0.29, 0.717) is 32.3 Å². The van der Waals surface area contributed by atoms with Crippen LogP contribution in [-0.4, -0.2) is 69.6 Å². The van der Waals surface area contributed by atoms with Crippen LogP contribution in [0, 0.1) is 5.92 Å². The van der Waals surface area contributed by atoms with Gasteiger partial charge >= 0.3 is 0 Å². The van der Waals surface area contributed by atoms with Gasteiger partial charge in [-0.2, -0.15) is 0 Å². The van der Waals surface area contributed by atoms with Crippen molar-refractivity contribution in [1.82, 2.24) is 4.90 Å². The highest BCUT2D eigenvalue weighted by Gasteiger charge is 2.23. The van der Waals surface area contributed by atoms with Gasteiger partial charge in [-0.05, 0) is 25.3 Å². The molecule has 2 atom stereocenters. The maximum absolute atomic E-state index is 6.29. The zero-order chi connectivity index (χ0) is 15.3. The molecule has 0 aliphatic carbocycles. The number of halogens is 1. The lowest BCUT2D eigenvalue weighted by molar-refractivity contribution is 0.00886. The summed E-state index contributed by atoms with van der Waals surface area (Å²) in [4.78, 5) is 2.39. The first kappa shape index (κ1) is 19.2. The Kier molecular flexibility index (Phi) is 11.6. The fraction of sp³-hybridized carbons (Fsp3) is 1.00. The van der Waals surface area contributed by atoms with Crippen LogP contribution in [-0.2, 0) is 14.2 Å². The summed E-state index contributed by atoms with van der Waals surface area (Å²) in [6, 6.07) is 0. The average Bonchev–Trinajstić information content (AvgIpc) is 2.48. The van der Waals surface area contributed by atoms with E-state index in [0.717, 1.165) is 39.3 Å². The summed E-state index contributed by atoms with van der Waals surface area (Å²) in [6.45, 7) is 11.7. The Morgan fingerprint density at radius 1 is 1.00 bits per heavy atom. The van der Waals surface area contributed by atoms with Crippen molar-refractivity contribution in [2.45, 2.75) is 38.5 Å². The summed E-state index contributed by atoms with van der Waals surface area (Å²) in [5.74, 6) is 0.636. The minimum absolute atomic E-state index is 0.287. The molecule has 0 aromatic rings. The molecule has 0 aromatic heterocycles. The van der Waals surface area contributed by atoms with Crippen molar-refractivity contribution >= 4 is 11.6 Å². The van der Waals surface area contributed by atoms with Gasteiger partial charge in [0.2, 0.25) is 0 Å². The zero-order valence-electron chi connectivity index (χ0n) is 13.7. The number of ether oxygens (including phenoxy) is 3. The first-order valence-electron chi connectivity index (χ1n) is 8.33. The van der Waals surface area contributed by atoms with Crippen LogP contribution in [0.2, 0.25) is 0 Å². The van der Waals surface area contributed by atoms with Crippen molar-refractivity contribution in [3.05, 3.63) is 0 Å². The van der Waals surface area contributed by atoms with Gasteiger partial charge < -0.3 is 14.2 Å². The van der Waals surface area contributed by atoms with Gasteiger partial charge in [-0.3, -0.25) is 4.90 Å². The zero-order valence-corrected chi connectivity index (χ0v) is 14.4. The third-order valence-corrected chi connectivity index (χ3v) is 4.46. The van der Waals surface area contributed by atoms with E-state index in [4.69, 9.17) is 25.8 Å². The molecule has 1 rings (SSSR count). The predicted octanol–water partition coefficient (Wildman–Crippen LogP) is 2.79. The summed E-state index contributed by atoms with van der Waals surface area (Å²) in [5, 5.41) is 0.287. The summed E-state index contributed by atoms with van der Waals surface area (Å²) in [7, 11) is 0. The van der Waals surface area contributed by atoms with Gasteiger partial charge in [0.15, 0.2) is 0 Å². The molecule has 0 aromatic carbocycles. The number of nitrogens with zero attached hydrogens (tertiary/aromatic N) is 1. The molecular weight excluding hydrogens is 290 g/mol. The quantitative estimate of drug-likeness (QED) is 0.408. The lowest BCUT2D eigenvalue weighted by Crippen LogP contribution is -2.41. The second kappa shape index (κ2) is 12.7. The summed E-state index contributed by atoms with van der Waals surface area (Å²) in [6.07, 6.45) is 3.49. The van der Waals surface area contributed by atoms with Crippen LogP contribution in [0.15, 0.2) is 0 Å². The largest absolute Gasteiger partial charge is 0.379 e. The predicted molar refractivity (Wildman–Crippen MR) is 87.2 cm³/mol. The number of unbranched alkanes of at least 4 members (excludes halogenated alkanes) is 1. The molecule has 21 heavy (non-hydrogen) atoms. The SMILES string of the molecule is CCCCOCCOCCOCCN1CCC(C)C(Cl)C1. The molecule has 1 aliphatic rings. The standard InChI is InChI=1S/C16H32ClNO3/c1-3-4-8-19-10-12-21-13-11-20-9-7-18-6-5-15(2)16(17)14-18/h15-16H,3-14H2,1-2H3. The molecule has 1 fully saturated rings. The molecule has 0 spiro atoms. The van der Waals surface area contributed by atoms with Crippen molar-refractivity contribution in [2.24, 2.45) is 5.92 Å².